The molecule has 0 aromatic heterocycles. The quantitative estimate of drug-likeness (QED) is 0.337. The molecule has 0 saturated carbocycles. The number of aliphatic hydroxyl groups is 1. The first kappa shape index (κ1) is 23.8. The Kier molecular flexibility index (Phi) is 24.3. The summed E-state index contributed by atoms with van der Waals surface area (Å²) in [5.74, 6) is 0. The van der Waals surface area contributed by atoms with E-state index in [-0.39, 0.29) is 48.6 Å². The number of hydrogen-bond donors (Lipinski definition) is 3. The molecule has 0 spiro atoms. The van der Waals surface area contributed by atoms with E-state index in [0.717, 1.165) is 11.0 Å². The SMILES string of the molecule is C[N+](C)(C)CCO.Cl.O=S(O)O.[NaH]. The first-order valence-corrected chi connectivity index (χ1v) is 4.07. The van der Waals surface area contributed by atoms with Gasteiger partial charge in [-0.15, -0.1) is 12.4 Å². The Morgan fingerprint density at radius 1 is 1.23 bits per heavy atom. The van der Waals surface area contributed by atoms with Gasteiger partial charge in [-0.2, -0.15) is 4.21 Å². The van der Waals surface area contributed by atoms with Gasteiger partial charge in [-0.1, -0.05) is 0 Å². The third kappa shape index (κ3) is 60.6. The molecule has 3 N–H and O–H groups in total. The number of likely N-dealkylation sites (N-methyl/N-ethyl adjacent to an activating group) is 1. The predicted octanol–water partition coefficient (Wildman–Crippen LogP) is -0.861. The third-order valence-corrected chi connectivity index (χ3v) is 0.771. The van der Waals surface area contributed by atoms with Crippen LogP contribution in [0.5, 0.6) is 0 Å². The minimum atomic E-state index is -2.61. The number of nitrogens with zero attached hydrogens (tertiary/aromatic N) is 1. The molecule has 5 nitrogen and oxygen atoms in total. The van der Waals surface area contributed by atoms with Gasteiger partial charge in [0, 0.05) is 0 Å². The van der Waals surface area contributed by atoms with Gasteiger partial charge in [0.25, 0.3) is 11.4 Å². The van der Waals surface area contributed by atoms with Crippen molar-refractivity contribution < 1.29 is 22.9 Å². The van der Waals surface area contributed by atoms with E-state index in [1.54, 1.807) is 0 Å². The molecule has 0 heterocycles. The molecule has 8 heteroatoms. The summed E-state index contributed by atoms with van der Waals surface area (Å²) in [6.45, 7) is 1.11. The normalized spacial score (nSPS) is 9.15. The van der Waals surface area contributed by atoms with Gasteiger partial charge in [0.2, 0.25) is 0 Å². The second kappa shape index (κ2) is 13.3. The van der Waals surface area contributed by atoms with Crippen molar-refractivity contribution >= 4 is 53.3 Å². The zero-order valence-electron chi connectivity index (χ0n) is 7.43. The summed E-state index contributed by atoms with van der Waals surface area (Å²) >= 11 is -2.61. The standard InChI is InChI=1S/C5H14NO.ClH.Na.H2O3S.H/c1-6(2,3)4-5-7;;;1-4(2)3;/h7H,4-5H2,1-3H3;1H;;(H2,1,2,3);/q+1;;;;. The first-order valence-electron chi connectivity index (χ1n) is 3.01. The van der Waals surface area contributed by atoms with Crippen LogP contribution in [0, 0.1) is 0 Å². The Morgan fingerprint density at radius 2 is 1.46 bits per heavy atom. The minimum absolute atomic E-state index is 0. The van der Waals surface area contributed by atoms with Crippen molar-refractivity contribution in [3.63, 3.8) is 0 Å². The monoisotopic (exact) mass is 246 g/mol. The van der Waals surface area contributed by atoms with Crippen molar-refractivity contribution in [1.82, 2.24) is 0 Å². The van der Waals surface area contributed by atoms with Crippen LogP contribution in [0.4, 0.5) is 0 Å². The van der Waals surface area contributed by atoms with Crippen molar-refractivity contribution in [3.8, 4) is 0 Å². The zero-order chi connectivity index (χ0) is 9.49. The molecule has 0 aliphatic heterocycles. The summed E-state index contributed by atoms with van der Waals surface area (Å²) in [4.78, 5) is 0. The summed E-state index contributed by atoms with van der Waals surface area (Å²) in [6, 6.07) is 0. The van der Waals surface area contributed by atoms with Gasteiger partial charge in [0.15, 0.2) is 0 Å². The second-order valence-electron chi connectivity index (χ2n) is 2.97. The molecule has 0 aliphatic rings. The summed E-state index contributed by atoms with van der Waals surface area (Å²) < 4.78 is 23.7. The third-order valence-electron chi connectivity index (χ3n) is 0.771. The van der Waals surface area contributed by atoms with E-state index in [4.69, 9.17) is 18.4 Å². The average molecular weight is 247 g/mol. The molecule has 0 amide bonds. The van der Waals surface area contributed by atoms with Gasteiger partial charge in [-0.3, -0.25) is 9.11 Å². The summed E-state index contributed by atoms with van der Waals surface area (Å²) in [6.07, 6.45) is 0. The van der Waals surface area contributed by atoms with Gasteiger partial charge in [0.1, 0.15) is 6.54 Å². The Bertz CT molecular complexity index is 118. The molecule has 0 radical (unpaired) electrons. The van der Waals surface area contributed by atoms with Crippen molar-refractivity contribution in [2.75, 3.05) is 34.3 Å². The molecule has 0 aliphatic carbocycles. The molecule has 0 saturated heterocycles. The van der Waals surface area contributed by atoms with Crippen LogP contribution in [0.2, 0.25) is 0 Å². The molecule has 80 valence electrons. The van der Waals surface area contributed by atoms with Crippen LogP contribution < -0.4 is 0 Å². The number of aliphatic hydroxyl groups excluding tert-OH is 1. The van der Waals surface area contributed by atoms with Crippen LogP contribution in [0.1, 0.15) is 0 Å². The van der Waals surface area contributed by atoms with Crippen molar-refractivity contribution in [2.24, 2.45) is 0 Å². The molecule has 13 heavy (non-hydrogen) atoms. The van der Waals surface area contributed by atoms with Gasteiger partial charge in [0.05, 0.1) is 27.7 Å². The van der Waals surface area contributed by atoms with Crippen LogP contribution in [0.15, 0.2) is 0 Å². The van der Waals surface area contributed by atoms with Crippen LogP contribution in [-0.4, -0.2) is 86.8 Å². The van der Waals surface area contributed by atoms with Gasteiger partial charge in [-0.25, -0.2) is 0 Å². The van der Waals surface area contributed by atoms with E-state index >= 15 is 0 Å². The van der Waals surface area contributed by atoms with Gasteiger partial charge < -0.3 is 9.59 Å². The second-order valence-corrected chi connectivity index (χ2v) is 3.43. The molecule has 0 unspecified atom stereocenters. The fraction of sp³-hybridized carbons (Fsp3) is 1.00. The van der Waals surface area contributed by atoms with E-state index in [1.807, 2.05) is 0 Å². The summed E-state index contributed by atoms with van der Waals surface area (Å²) in [5.41, 5.74) is 0. The van der Waals surface area contributed by atoms with Crippen LogP contribution >= 0.6 is 12.4 Å². The maximum absolute atomic E-state index is 8.67. The van der Waals surface area contributed by atoms with E-state index in [1.165, 1.54) is 0 Å². The molecule has 0 fully saturated rings. The Morgan fingerprint density at radius 3 is 1.46 bits per heavy atom. The van der Waals surface area contributed by atoms with Crippen molar-refractivity contribution in [1.29, 1.82) is 0 Å². The van der Waals surface area contributed by atoms with Gasteiger partial charge >= 0.3 is 29.6 Å². The summed E-state index contributed by atoms with van der Waals surface area (Å²) in [7, 11) is 6.16. The maximum atomic E-state index is 8.67. The van der Waals surface area contributed by atoms with Crippen LogP contribution in [0.3, 0.4) is 0 Å². The molecular weight excluding hydrogens is 229 g/mol. The van der Waals surface area contributed by atoms with E-state index in [2.05, 4.69) is 21.1 Å². The fourth-order valence-corrected chi connectivity index (χ4v) is 0.300. The van der Waals surface area contributed by atoms with E-state index < -0.39 is 11.4 Å². The Hall–Kier alpha value is 1.28. The number of rotatable bonds is 2. The summed E-state index contributed by atoms with van der Waals surface area (Å²) in [5, 5.41) is 8.39. The number of halogens is 1. The van der Waals surface area contributed by atoms with Crippen LogP contribution in [-0.2, 0) is 11.4 Å². The Labute approximate surface area is 110 Å². The molecule has 0 bridgehead atoms. The fourth-order valence-electron chi connectivity index (χ4n) is 0.300. The van der Waals surface area contributed by atoms with E-state index in [9.17, 15) is 0 Å². The molecular formula is C5H18ClNNaO4S+. The molecule has 0 atom stereocenters. The van der Waals surface area contributed by atoms with Crippen molar-refractivity contribution in [3.05, 3.63) is 0 Å². The first-order chi connectivity index (χ1) is 4.79. The topological polar surface area (TPSA) is 77.8 Å². The number of hydrogen-bond acceptors (Lipinski definition) is 2. The van der Waals surface area contributed by atoms with E-state index in [0.29, 0.717) is 0 Å². The van der Waals surface area contributed by atoms with Gasteiger partial charge in [-0.05, 0) is 0 Å². The zero-order valence-corrected chi connectivity index (χ0v) is 9.06. The van der Waals surface area contributed by atoms with Crippen molar-refractivity contribution in [2.45, 2.75) is 0 Å². The number of quaternary nitrogens is 1. The molecule has 0 aromatic carbocycles. The Balaban J connectivity index is -0.0000000600. The molecule has 0 rings (SSSR count). The van der Waals surface area contributed by atoms with Crippen LogP contribution in [0.25, 0.3) is 0 Å². The average Bonchev–Trinajstić information content (AvgIpc) is 1.58. The molecule has 0 aromatic rings. The predicted molar refractivity (Wildman–Crippen MR) is 57.8 cm³/mol.